The lowest BCUT2D eigenvalue weighted by Gasteiger charge is -2.05. The molecule has 0 radical (unpaired) electrons. The fourth-order valence-electron chi connectivity index (χ4n) is 0.435. The average molecular weight is 148 g/mol. The van der Waals surface area contributed by atoms with Gasteiger partial charge in [0.25, 0.3) is 0 Å². The number of aliphatic hydroxyl groups is 4. The standard InChI is InChI=1S/C6H12O4/c1-4(8)6(10)2-5(9)3-7/h5,7-10H,2-3H2,1H3/t5-/m1/s1. The van der Waals surface area contributed by atoms with Gasteiger partial charge in [-0.15, -0.1) is 0 Å². The first-order valence-electron chi connectivity index (χ1n) is 2.94. The van der Waals surface area contributed by atoms with E-state index in [0.717, 1.165) is 0 Å². The van der Waals surface area contributed by atoms with E-state index in [1.807, 2.05) is 0 Å². The van der Waals surface area contributed by atoms with Crippen molar-refractivity contribution in [2.24, 2.45) is 0 Å². The molecule has 0 rings (SSSR count). The molecule has 10 heavy (non-hydrogen) atoms. The topological polar surface area (TPSA) is 80.9 Å². The Morgan fingerprint density at radius 3 is 2.20 bits per heavy atom. The maximum absolute atomic E-state index is 8.79. The summed E-state index contributed by atoms with van der Waals surface area (Å²) in [6.45, 7) is 0.886. The minimum atomic E-state index is -0.998. The molecule has 60 valence electrons. The quantitative estimate of drug-likeness (QED) is 0.427. The minimum Gasteiger partial charge on any atom is -0.509 e. The van der Waals surface area contributed by atoms with Crippen molar-refractivity contribution < 1.29 is 20.4 Å². The van der Waals surface area contributed by atoms with E-state index in [2.05, 4.69) is 0 Å². The summed E-state index contributed by atoms with van der Waals surface area (Å²) in [5, 5.41) is 34.4. The van der Waals surface area contributed by atoms with E-state index in [1.54, 1.807) is 0 Å². The van der Waals surface area contributed by atoms with Crippen molar-refractivity contribution in [2.75, 3.05) is 6.61 Å². The number of hydrogen-bond acceptors (Lipinski definition) is 4. The van der Waals surface area contributed by atoms with E-state index in [-0.39, 0.29) is 17.9 Å². The monoisotopic (exact) mass is 148 g/mol. The second-order valence-electron chi connectivity index (χ2n) is 2.07. The lowest BCUT2D eigenvalue weighted by Crippen LogP contribution is -2.13. The van der Waals surface area contributed by atoms with Gasteiger partial charge in [-0.1, -0.05) is 0 Å². The molecule has 0 spiro atoms. The molecular formula is C6H12O4. The van der Waals surface area contributed by atoms with E-state index >= 15 is 0 Å². The molecule has 0 aromatic heterocycles. The van der Waals surface area contributed by atoms with Gasteiger partial charge < -0.3 is 20.4 Å². The second kappa shape index (κ2) is 4.14. The molecule has 4 N–H and O–H groups in total. The van der Waals surface area contributed by atoms with Crippen molar-refractivity contribution in [3.05, 3.63) is 11.5 Å². The lowest BCUT2D eigenvalue weighted by molar-refractivity contribution is 0.0841. The summed E-state index contributed by atoms with van der Waals surface area (Å²) in [7, 11) is 0. The van der Waals surface area contributed by atoms with Gasteiger partial charge in [0.2, 0.25) is 0 Å². The highest BCUT2D eigenvalue weighted by Gasteiger charge is 2.06. The van der Waals surface area contributed by atoms with Crippen LogP contribution in [-0.2, 0) is 0 Å². The summed E-state index contributed by atoms with van der Waals surface area (Å²) in [4.78, 5) is 0. The molecule has 0 amide bonds. The van der Waals surface area contributed by atoms with Crippen molar-refractivity contribution in [3.8, 4) is 0 Å². The first-order valence-corrected chi connectivity index (χ1v) is 2.94. The smallest absolute Gasteiger partial charge is 0.132 e. The van der Waals surface area contributed by atoms with Crippen LogP contribution in [0, 0.1) is 0 Å². The van der Waals surface area contributed by atoms with Crippen LogP contribution in [0.3, 0.4) is 0 Å². The van der Waals surface area contributed by atoms with Crippen LogP contribution in [0.4, 0.5) is 0 Å². The fourth-order valence-corrected chi connectivity index (χ4v) is 0.435. The molecule has 1 atom stereocenters. The molecule has 0 heterocycles. The highest BCUT2D eigenvalue weighted by Crippen LogP contribution is 2.04. The molecule has 0 saturated carbocycles. The molecule has 0 aromatic rings. The summed E-state index contributed by atoms with van der Waals surface area (Å²) in [5.74, 6) is -0.519. The molecule has 0 aliphatic rings. The van der Waals surface area contributed by atoms with Crippen LogP contribution >= 0.6 is 0 Å². The van der Waals surface area contributed by atoms with Gasteiger partial charge in [-0.3, -0.25) is 0 Å². The summed E-state index contributed by atoms with van der Waals surface area (Å²) in [6, 6.07) is 0. The number of allylic oxidation sites excluding steroid dienone is 1. The van der Waals surface area contributed by atoms with Crippen molar-refractivity contribution in [3.63, 3.8) is 0 Å². The third-order valence-corrected chi connectivity index (χ3v) is 1.06. The molecule has 0 aliphatic heterocycles. The van der Waals surface area contributed by atoms with Crippen LogP contribution in [0.1, 0.15) is 13.3 Å². The molecule has 0 aromatic carbocycles. The largest absolute Gasteiger partial charge is 0.509 e. The van der Waals surface area contributed by atoms with Crippen LogP contribution in [0.15, 0.2) is 11.5 Å². The van der Waals surface area contributed by atoms with Gasteiger partial charge in [0.1, 0.15) is 11.5 Å². The zero-order valence-electron chi connectivity index (χ0n) is 5.78. The van der Waals surface area contributed by atoms with E-state index in [0.29, 0.717) is 0 Å². The average Bonchev–Trinajstić information content (AvgIpc) is 1.87. The lowest BCUT2D eigenvalue weighted by atomic mass is 10.2. The van der Waals surface area contributed by atoms with Gasteiger partial charge in [0.15, 0.2) is 0 Å². The van der Waals surface area contributed by atoms with E-state index in [4.69, 9.17) is 20.4 Å². The first kappa shape index (κ1) is 9.26. The summed E-state index contributed by atoms with van der Waals surface area (Å²) < 4.78 is 0. The molecule has 0 aliphatic carbocycles. The Morgan fingerprint density at radius 2 is 1.90 bits per heavy atom. The fraction of sp³-hybridized carbons (Fsp3) is 0.667. The Labute approximate surface area is 59.1 Å². The number of rotatable bonds is 3. The van der Waals surface area contributed by atoms with Crippen LogP contribution in [-0.4, -0.2) is 33.1 Å². The highest BCUT2D eigenvalue weighted by molar-refractivity contribution is 4.96. The Balaban J connectivity index is 3.79. The van der Waals surface area contributed by atoms with Gasteiger partial charge in [-0.2, -0.15) is 0 Å². The second-order valence-corrected chi connectivity index (χ2v) is 2.07. The predicted octanol–water partition coefficient (Wildman–Crippen LogP) is 0.0772. The third kappa shape index (κ3) is 3.32. The Morgan fingerprint density at radius 1 is 1.40 bits per heavy atom. The van der Waals surface area contributed by atoms with Crippen molar-refractivity contribution in [1.29, 1.82) is 0 Å². The van der Waals surface area contributed by atoms with E-state index in [1.165, 1.54) is 6.92 Å². The highest BCUT2D eigenvalue weighted by atomic mass is 16.3. The van der Waals surface area contributed by atoms with Crippen LogP contribution in [0.2, 0.25) is 0 Å². The first-order chi connectivity index (χ1) is 4.57. The van der Waals surface area contributed by atoms with Crippen molar-refractivity contribution in [1.82, 2.24) is 0 Å². The molecule has 0 bridgehead atoms. The van der Waals surface area contributed by atoms with Crippen LogP contribution < -0.4 is 0 Å². The normalized spacial score (nSPS) is 16.3. The SMILES string of the molecule is CC(O)=C(O)C[C@@H](O)CO. The summed E-state index contributed by atoms with van der Waals surface area (Å²) >= 11 is 0. The zero-order chi connectivity index (χ0) is 8.15. The summed E-state index contributed by atoms with van der Waals surface area (Å²) in [5.41, 5.74) is 0. The Hall–Kier alpha value is -0.740. The summed E-state index contributed by atoms with van der Waals surface area (Å²) in [6.07, 6.45) is -1.11. The van der Waals surface area contributed by atoms with Gasteiger partial charge in [0, 0.05) is 6.42 Å². The van der Waals surface area contributed by atoms with Crippen molar-refractivity contribution >= 4 is 0 Å². The minimum absolute atomic E-state index is 0.112. The molecule has 4 heteroatoms. The van der Waals surface area contributed by atoms with Crippen LogP contribution in [0.5, 0.6) is 0 Å². The zero-order valence-corrected chi connectivity index (χ0v) is 5.78. The molecule has 0 fully saturated rings. The van der Waals surface area contributed by atoms with Gasteiger partial charge in [-0.25, -0.2) is 0 Å². The number of hydrogen-bond donors (Lipinski definition) is 4. The Kier molecular flexibility index (Phi) is 3.83. The maximum atomic E-state index is 8.79. The van der Waals surface area contributed by atoms with E-state index < -0.39 is 12.7 Å². The molecule has 0 unspecified atom stereocenters. The third-order valence-electron chi connectivity index (χ3n) is 1.06. The molecular weight excluding hydrogens is 136 g/mol. The predicted molar refractivity (Wildman–Crippen MR) is 35.7 cm³/mol. The van der Waals surface area contributed by atoms with Crippen LogP contribution in [0.25, 0.3) is 0 Å². The van der Waals surface area contributed by atoms with Crippen molar-refractivity contribution in [2.45, 2.75) is 19.4 Å². The molecule has 0 saturated heterocycles. The number of aliphatic hydroxyl groups excluding tert-OH is 4. The van der Waals surface area contributed by atoms with E-state index in [9.17, 15) is 0 Å². The van der Waals surface area contributed by atoms with Gasteiger partial charge in [-0.05, 0) is 6.92 Å². The molecule has 4 nitrogen and oxygen atoms in total. The Bertz CT molecular complexity index is 126. The van der Waals surface area contributed by atoms with Gasteiger partial charge in [0.05, 0.1) is 12.7 Å². The maximum Gasteiger partial charge on any atom is 0.132 e. The van der Waals surface area contributed by atoms with Gasteiger partial charge >= 0.3 is 0 Å².